The molecule has 0 aliphatic heterocycles. The molecule has 16 nitrogen and oxygen atoms in total. The van der Waals surface area contributed by atoms with Crippen molar-refractivity contribution in [1.82, 2.24) is 20.9 Å². The van der Waals surface area contributed by atoms with Gasteiger partial charge in [0.25, 0.3) is 0 Å². The Morgan fingerprint density at radius 2 is 1.45 bits per heavy atom. The lowest BCUT2D eigenvalue weighted by molar-refractivity contribution is -0.142. The van der Waals surface area contributed by atoms with Crippen LogP contribution in [0, 0.1) is 0 Å². The number of nitrogens with two attached hydrogens (primary N) is 5. The van der Waals surface area contributed by atoms with Crippen LogP contribution in [0.1, 0.15) is 38.2 Å². The van der Waals surface area contributed by atoms with Gasteiger partial charge in [-0.3, -0.25) is 24.4 Å². The van der Waals surface area contributed by atoms with Crippen LogP contribution in [0.3, 0.4) is 0 Å². The molecule has 0 saturated heterocycles. The smallest absolute Gasteiger partial charge is 0.326 e. The van der Waals surface area contributed by atoms with Gasteiger partial charge in [-0.25, -0.2) is 4.79 Å². The summed E-state index contributed by atoms with van der Waals surface area (Å²) in [7, 11) is 0. The molecule has 230 valence electrons. The first-order chi connectivity index (χ1) is 19.9. The highest BCUT2D eigenvalue weighted by Crippen LogP contribution is 2.19. The van der Waals surface area contributed by atoms with Crippen LogP contribution in [0.15, 0.2) is 40.4 Å². The molecule has 2 rings (SSSR count). The highest BCUT2D eigenvalue weighted by Gasteiger charge is 2.29. The number of aliphatic imine (C=N–C) groups is 2. The van der Waals surface area contributed by atoms with Crippen molar-refractivity contribution in [1.29, 1.82) is 0 Å². The van der Waals surface area contributed by atoms with E-state index in [4.69, 9.17) is 28.7 Å². The second-order valence-corrected chi connectivity index (χ2v) is 9.76. The van der Waals surface area contributed by atoms with Crippen LogP contribution in [-0.4, -0.2) is 83.0 Å². The lowest BCUT2D eigenvalue weighted by atomic mass is 10.0. The summed E-state index contributed by atoms with van der Waals surface area (Å²) in [5.41, 5.74) is 28.7. The summed E-state index contributed by atoms with van der Waals surface area (Å²) in [6, 6.07) is 3.02. The SMILES string of the molecule is CC(NC(=O)C(N)CCCN=C(N)N)C(=O)NC(CCCN=C(N)N)C(=O)NC(Cc1c[nH]c2ccccc12)C(=O)O. The molecule has 0 saturated carbocycles. The van der Waals surface area contributed by atoms with Gasteiger partial charge < -0.3 is 54.7 Å². The maximum absolute atomic E-state index is 13.2. The van der Waals surface area contributed by atoms with Crippen molar-refractivity contribution in [2.24, 2.45) is 38.7 Å². The van der Waals surface area contributed by atoms with Crippen LogP contribution in [0.25, 0.3) is 10.9 Å². The second kappa shape index (κ2) is 16.4. The van der Waals surface area contributed by atoms with Gasteiger partial charge in [-0.2, -0.15) is 0 Å². The van der Waals surface area contributed by atoms with E-state index in [1.165, 1.54) is 6.92 Å². The van der Waals surface area contributed by atoms with E-state index in [2.05, 4.69) is 30.9 Å². The van der Waals surface area contributed by atoms with Gasteiger partial charge >= 0.3 is 5.97 Å². The molecule has 42 heavy (non-hydrogen) atoms. The largest absolute Gasteiger partial charge is 0.480 e. The predicted octanol–water partition coefficient (Wildman–Crippen LogP) is -2.30. The van der Waals surface area contributed by atoms with E-state index >= 15 is 0 Å². The van der Waals surface area contributed by atoms with E-state index < -0.39 is 47.9 Å². The highest BCUT2D eigenvalue weighted by molar-refractivity contribution is 5.94. The minimum atomic E-state index is -1.28. The molecule has 2 aromatic rings. The molecule has 0 fully saturated rings. The molecule has 1 aromatic carbocycles. The Balaban J connectivity index is 2.06. The molecule has 0 aliphatic rings. The molecule has 0 bridgehead atoms. The van der Waals surface area contributed by atoms with Gasteiger partial charge in [-0.05, 0) is 44.2 Å². The van der Waals surface area contributed by atoms with Crippen LogP contribution in [0.5, 0.6) is 0 Å². The van der Waals surface area contributed by atoms with Crippen molar-refractivity contribution in [3.05, 3.63) is 36.0 Å². The van der Waals surface area contributed by atoms with Crippen molar-refractivity contribution in [3.8, 4) is 0 Å². The van der Waals surface area contributed by atoms with Crippen molar-refractivity contribution in [2.75, 3.05) is 13.1 Å². The Morgan fingerprint density at radius 3 is 2.07 bits per heavy atom. The number of guanidine groups is 2. The van der Waals surface area contributed by atoms with Crippen LogP contribution >= 0.6 is 0 Å². The maximum Gasteiger partial charge on any atom is 0.326 e. The second-order valence-electron chi connectivity index (χ2n) is 9.76. The lowest BCUT2D eigenvalue weighted by Gasteiger charge is -2.23. The van der Waals surface area contributed by atoms with Gasteiger partial charge in [0.1, 0.15) is 18.1 Å². The monoisotopic (exact) mass is 587 g/mol. The summed E-state index contributed by atoms with van der Waals surface area (Å²) in [6.45, 7) is 1.92. The molecule has 0 spiro atoms. The van der Waals surface area contributed by atoms with E-state index in [1.807, 2.05) is 24.3 Å². The molecule has 15 N–H and O–H groups in total. The number of carbonyl (C=O) groups is 4. The number of aromatic amines is 1. The topological polar surface area (TPSA) is 295 Å². The lowest BCUT2D eigenvalue weighted by Crippen LogP contribution is -2.56. The normalized spacial score (nSPS) is 13.7. The highest BCUT2D eigenvalue weighted by atomic mass is 16.4. The third-order valence-corrected chi connectivity index (χ3v) is 6.35. The fourth-order valence-electron chi connectivity index (χ4n) is 4.10. The first-order valence-electron chi connectivity index (χ1n) is 13.4. The van der Waals surface area contributed by atoms with Gasteiger partial charge in [0.15, 0.2) is 11.9 Å². The minimum absolute atomic E-state index is 0.00723. The number of carbonyl (C=O) groups excluding carboxylic acids is 3. The first kappa shape index (κ1) is 33.3. The number of nitrogens with one attached hydrogen (secondary N) is 4. The number of para-hydroxylation sites is 1. The number of nitrogens with zero attached hydrogens (tertiary/aromatic N) is 2. The van der Waals surface area contributed by atoms with Crippen LogP contribution in [0.4, 0.5) is 0 Å². The van der Waals surface area contributed by atoms with Gasteiger partial charge in [-0.1, -0.05) is 18.2 Å². The molecule has 4 unspecified atom stereocenters. The average molecular weight is 588 g/mol. The zero-order chi connectivity index (χ0) is 31.2. The number of hydrogen-bond donors (Lipinski definition) is 10. The van der Waals surface area contributed by atoms with Gasteiger partial charge in [0.2, 0.25) is 17.7 Å². The van der Waals surface area contributed by atoms with Crippen LogP contribution in [-0.2, 0) is 25.6 Å². The number of fused-ring (bicyclic) bond motifs is 1. The van der Waals surface area contributed by atoms with E-state index in [0.29, 0.717) is 24.9 Å². The zero-order valence-electron chi connectivity index (χ0n) is 23.5. The molecule has 4 atom stereocenters. The number of aliphatic carboxylic acids is 1. The molecule has 16 heteroatoms. The fraction of sp³-hybridized carbons (Fsp3) is 0.462. The van der Waals surface area contributed by atoms with E-state index in [0.717, 1.165) is 10.9 Å². The predicted molar refractivity (Wildman–Crippen MR) is 159 cm³/mol. The number of amides is 3. The van der Waals surface area contributed by atoms with Gasteiger partial charge in [-0.15, -0.1) is 0 Å². The average Bonchev–Trinajstić information content (AvgIpc) is 3.34. The zero-order valence-corrected chi connectivity index (χ0v) is 23.5. The van der Waals surface area contributed by atoms with Crippen molar-refractivity contribution >= 4 is 46.5 Å². The quantitative estimate of drug-likeness (QED) is 0.0536. The Bertz CT molecular complexity index is 1280. The first-order valence-corrected chi connectivity index (χ1v) is 13.4. The van der Waals surface area contributed by atoms with E-state index in [-0.39, 0.29) is 37.7 Å². The number of carboxylic acids is 1. The van der Waals surface area contributed by atoms with Gasteiger partial charge in [0.05, 0.1) is 6.04 Å². The summed E-state index contributed by atoms with van der Waals surface area (Å²) >= 11 is 0. The standard InChI is InChI=1S/C26H41N11O5/c1-14(35-22(39)17(27)7-4-10-32-25(28)29)21(38)36-19(9-5-11-33-26(30)31)23(40)37-20(24(41)42)12-15-13-34-18-8-3-2-6-16(15)18/h2-3,6,8,13-14,17,19-20,34H,4-5,7,9-12,27H2,1H3,(H,35,39)(H,36,38)(H,37,40)(H,41,42)(H4,28,29,32)(H4,30,31,33). The minimum Gasteiger partial charge on any atom is -0.480 e. The molecule has 3 amide bonds. The molecular weight excluding hydrogens is 546 g/mol. The van der Waals surface area contributed by atoms with E-state index in [1.54, 1.807) is 6.20 Å². The molecular formula is C26H41N11O5. The third kappa shape index (κ3) is 11.0. The Labute approximate surface area is 242 Å². The summed E-state index contributed by atoms with van der Waals surface area (Å²) in [4.78, 5) is 61.5. The molecule has 0 aliphatic carbocycles. The number of H-pyrrole nitrogens is 1. The van der Waals surface area contributed by atoms with Crippen LogP contribution in [0.2, 0.25) is 0 Å². The summed E-state index contributed by atoms with van der Waals surface area (Å²) in [6.07, 6.45) is 2.83. The van der Waals surface area contributed by atoms with Crippen molar-refractivity contribution < 1.29 is 24.3 Å². The van der Waals surface area contributed by atoms with E-state index in [9.17, 15) is 24.3 Å². The summed E-state index contributed by atoms with van der Waals surface area (Å²) in [5, 5.41) is 18.3. The summed E-state index contributed by atoms with van der Waals surface area (Å²) < 4.78 is 0. The number of carboxylic acid groups (broad SMARTS) is 1. The third-order valence-electron chi connectivity index (χ3n) is 6.35. The Morgan fingerprint density at radius 1 is 0.857 bits per heavy atom. The molecule has 0 radical (unpaired) electrons. The molecule has 1 aromatic heterocycles. The number of hydrogen-bond acceptors (Lipinski definition) is 7. The van der Waals surface area contributed by atoms with Crippen LogP contribution < -0.4 is 44.6 Å². The Hall–Kier alpha value is -4.86. The van der Waals surface area contributed by atoms with Gasteiger partial charge in [0, 0.05) is 36.6 Å². The summed E-state index contributed by atoms with van der Waals surface area (Å²) in [5.74, 6) is -3.38. The fourth-order valence-corrected chi connectivity index (χ4v) is 4.10. The maximum atomic E-state index is 13.2. The van der Waals surface area contributed by atoms with Crippen molar-refractivity contribution in [2.45, 2.75) is 63.2 Å². The number of aromatic nitrogens is 1. The number of rotatable bonds is 17. The Kier molecular flexibility index (Phi) is 13.0. The van der Waals surface area contributed by atoms with Crippen molar-refractivity contribution in [3.63, 3.8) is 0 Å². The number of benzene rings is 1. The molecule has 1 heterocycles.